The second kappa shape index (κ2) is 57.1. The molecule has 0 bridgehead atoms. The van der Waals surface area contributed by atoms with Gasteiger partial charge in [0.05, 0.1) is 32.0 Å². The number of hydrogen-bond acceptors (Lipinski definition) is 13. The third-order valence-corrected chi connectivity index (χ3v) is 16.8. The molecule has 12 unspecified atom stereocenters. The van der Waals surface area contributed by atoms with Crippen LogP contribution in [0.15, 0.2) is 85.1 Å². The molecule has 2 fully saturated rings. The maximum atomic E-state index is 13.3. The van der Waals surface area contributed by atoms with E-state index >= 15 is 0 Å². The number of ether oxygens (including phenoxy) is 4. The fourth-order valence-corrected chi connectivity index (χ4v) is 11.2. The summed E-state index contributed by atoms with van der Waals surface area (Å²) in [4.78, 5) is 13.3. The molecule has 2 saturated heterocycles. The SMILES string of the molecule is CC/C=C\C/C=C\C/C=C\C/C=C\C/C=C\CCCCCCCCCCCC(=O)NC(COC1OC(CO)C(OC2OC(CO)C(O)C(O)C2O)C(O)C1O)C(O)/C=C/CC/C=C/CCCCCCCCCCCCCCCCCCCCCCCC. The number of nitrogens with one attached hydrogen (secondary N) is 1. The molecule has 9 N–H and O–H groups in total. The van der Waals surface area contributed by atoms with Crippen LogP contribution in [0.1, 0.15) is 277 Å². The largest absolute Gasteiger partial charge is 0.394 e. The van der Waals surface area contributed by atoms with E-state index in [4.69, 9.17) is 18.9 Å². The minimum absolute atomic E-state index is 0.256. The van der Waals surface area contributed by atoms with E-state index in [1.54, 1.807) is 6.08 Å². The van der Waals surface area contributed by atoms with Crippen molar-refractivity contribution >= 4 is 5.91 Å². The lowest BCUT2D eigenvalue weighted by Crippen LogP contribution is -2.65. The summed E-state index contributed by atoms with van der Waals surface area (Å²) >= 11 is 0. The number of hydrogen-bond donors (Lipinski definition) is 9. The van der Waals surface area contributed by atoms with E-state index in [1.165, 1.54) is 173 Å². The van der Waals surface area contributed by atoms with Gasteiger partial charge in [0.15, 0.2) is 12.6 Å². The first-order valence-electron chi connectivity index (χ1n) is 35.3. The lowest BCUT2D eigenvalue weighted by molar-refractivity contribution is -0.359. The fraction of sp³-hybridized carbons (Fsp3) is 0.795. The number of carbonyl (C=O) groups excluding carboxylic acids is 1. The normalized spacial score (nSPS) is 23.8. The lowest BCUT2D eigenvalue weighted by atomic mass is 9.97. The van der Waals surface area contributed by atoms with Crippen molar-refractivity contribution in [1.29, 1.82) is 0 Å². The third-order valence-electron chi connectivity index (χ3n) is 16.8. The highest BCUT2D eigenvalue weighted by Crippen LogP contribution is 2.30. The maximum absolute atomic E-state index is 13.3. The molecule has 2 rings (SSSR count). The molecule has 504 valence electrons. The molecular weight excluding hydrogens is 1100 g/mol. The summed E-state index contributed by atoms with van der Waals surface area (Å²) in [6, 6.07) is -0.942. The fourth-order valence-electron chi connectivity index (χ4n) is 11.2. The molecule has 0 aromatic rings. The van der Waals surface area contributed by atoms with Gasteiger partial charge in [0.2, 0.25) is 5.91 Å². The Bertz CT molecular complexity index is 1780. The minimum Gasteiger partial charge on any atom is -0.394 e. The van der Waals surface area contributed by atoms with Gasteiger partial charge < -0.3 is 65.1 Å². The quantitative estimate of drug-likeness (QED) is 0.0204. The zero-order valence-electron chi connectivity index (χ0n) is 54.7. The predicted molar refractivity (Wildman–Crippen MR) is 355 cm³/mol. The van der Waals surface area contributed by atoms with Crippen LogP contribution in [0.4, 0.5) is 0 Å². The van der Waals surface area contributed by atoms with Crippen molar-refractivity contribution in [3.63, 3.8) is 0 Å². The van der Waals surface area contributed by atoms with Crippen LogP contribution < -0.4 is 5.32 Å². The van der Waals surface area contributed by atoms with Gasteiger partial charge in [-0.3, -0.25) is 4.79 Å². The van der Waals surface area contributed by atoms with E-state index in [0.29, 0.717) is 12.8 Å². The molecule has 0 aromatic heterocycles. The van der Waals surface area contributed by atoms with Crippen LogP contribution in [0, 0.1) is 0 Å². The van der Waals surface area contributed by atoms with Crippen molar-refractivity contribution in [1.82, 2.24) is 5.32 Å². The predicted octanol–water partition coefficient (Wildman–Crippen LogP) is 14.4. The first-order valence-corrected chi connectivity index (χ1v) is 35.3. The summed E-state index contributed by atoms with van der Waals surface area (Å²) in [6.07, 6.45) is 62.1. The van der Waals surface area contributed by atoms with Gasteiger partial charge in [0, 0.05) is 6.42 Å². The average molecular weight is 1230 g/mol. The Morgan fingerprint density at radius 1 is 0.425 bits per heavy atom. The molecule has 87 heavy (non-hydrogen) atoms. The number of amides is 1. The Hall–Kier alpha value is -2.83. The highest BCUT2D eigenvalue weighted by Gasteiger charge is 2.51. The van der Waals surface area contributed by atoms with Crippen LogP contribution in [0.25, 0.3) is 0 Å². The molecular formula is C73H129NO13. The van der Waals surface area contributed by atoms with Crippen LogP contribution in [-0.4, -0.2) is 140 Å². The number of allylic oxidation sites excluding steroid dienone is 13. The summed E-state index contributed by atoms with van der Waals surface area (Å²) in [7, 11) is 0. The van der Waals surface area contributed by atoms with E-state index in [9.17, 15) is 45.6 Å². The monoisotopic (exact) mass is 1230 g/mol. The van der Waals surface area contributed by atoms with E-state index < -0.39 is 86.8 Å². The molecule has 1 amide bonds. The number of unbranched alkanes of at least 4 members (excludes halogenated alkanes) is 32. The van der Waals surface area contributed by atoms with Gasteiger partial charge in [0.25, 0.3) is 0 Å². The van der Waals surface area contributed by atoms with Crippen molar-refractivity contribution in [2.45, 2.75) is 351 Å². The van der Waals surface area contributed by atoms with Crippen molar-refractivity contribution in [3.8, 4) is 0 Å². The molecule has 2 aliphatic rings. The lowest BCUT2D eigenvalue weighted by Gasteiger charge is -2.46. The van der Waals surface area contributed by atoms with Crippen LogP contribution in [0.5, 0.6) is 0 Å². The minimum atomic E-state index is -1.80. The average Bonchev–Trinajstić information content (AvgIpc) is 2.50. The zero-order valence-corrected chi connectivity index (χ0v) is 54.7. The highest BCUT2D eigenvalue weighted by molar-refractivity contribution is 5.76. The Balaban J connectivity index is 1.71. The molecule has 14 nitrogen and oxygen atoms in total. The summed E-state index contributed by atoms with van der Waals surface area (Å²) in [5, 5.41) is 87.4. The molecule has 0 radical (unpaired) electrons. The third kappa shape index (κ3) is 41.3. The van der Waals surface area contributed by atoms with Gasteiger partial charge in [0.1, 0.15) is 48.8 Å². The molecule has 14 heteroatoms. The van der Waals surface area contributed by atoms with Crippen molar-refractivity contribution < 1.29 is 64.6 Å². The zero-order chi connectivity index (χ0) is 63.1. The summed E-state index contributed by atoms with van der Waals surface area (Å²) in [6.45, 7) is 2.69. The molecule has 0 aliphatic carbocycles. The Labute approximate surface area is 529 Å². The molecule has 2 heterocycles. The standard InChI is InChI=1S/C73H129NO13/c1-3-5-7-9-11-13-15-17-19-21-23-25-27-29-30-31-33-34-36-38-40-42-44-46-48-50-52-54-56-62(77)61(60-84-72-70(83)68(81)71(64(59-76)86-72)87-73-69(82)67(80)66(79)63(58-75)85-73)74-65(78)57-55-53-51-49-47-45-43-41-39-37-35-32-28-26-24-22-20-18-16-14-12-10-8-6-4-2/h6,8,12,14,18,20,24,26,32,35,46,48,54,56,61-64,66-73,75-77,79-83H,3-5,7,9-11,13,15-17,19,21-23,25,27-31,33-34,36-45,47,49-53,55,57-60H2,1-2H3,(H,74,78)/b8-6-,14-12-,20-18-,26-24-,35-32-,48-46+,56-54+. The number of carbonyl (C=O) groups is 1. The Morgan fingerprint density at radius 3 is 1.26 bits per heavy atom. The van der Waals surface area contributed by atoms with Crippen LogP contribution in [0.3, 0.4) is 0 Å². The van der Waals surface area contributed by atoms with E-state index in [0.717, 1.165) is 70.6 Å². The van der Waals surface area contributed by atoms with Crippen LogP contribution in [0.2, 0.25) is 0 Å². The number of aliphatic hydroxyl groups is 8. The summed E-state index contributed by atoms with van der Waals surface area (Å²) < 4.78 is 22.8. The Morgan fingerprint density at radius 2 is 0.805 bits per heavy atom. The molecule has 12 atom stereocenters. The smallest absolute Gasteiger partial charge is 0.220 e. The van der Waals surface area contributed by atoms with Gasteiger partial charge >= 0.3 is 0 Å². The van der Waals surface area contributed by atoms with Crippen LogP contribution in [-0.2, 0) is 23.7 Å². The Kier molecular flexibility index (Phi) is 52.7. The number of rotatable bonds is 57. The number of aliphatic hydroxyl groups excluding tert-OH is 8. The van der Waals surface area contributed by atoms with Gasteiger partial charge in [-0.25, -0.2) is 0 Å². The van der Waals surface area contributed by atoms with Crippen molar-refractivity contribution in [3.05, 3.63) is 85.1 Å². The molecule has 2 aliphatic heterocycles. The van der Waals surface area contributed by atoms with Gasteiger partial charge in [-0.2, -0.15) is 0 Å². The molecule has 0 saturated carbocycles. The van der Waals surface area contributed by atoms with Gasteiger partial charge in [-0.15, -0.1) is 0 Å². The first kappa shape index (κ1) is 80.3. The topological polar surface area (TPSA) is 228 Å². The van der Waals surface area contributed by atoms with Crippen molar-refractivity contribution in [2.24, 2.45) is 0 Å². The van der Waals surface area contributed by atoms with E-state index in [-0.39, 0.29) is 18.9 Å². The second-order valence-electron chi connectivity index (χ2n) is 24.6. The van der Waals surface area contributed by atoms with E-state index in [2.05, 4.69) is 92.1 Å². The highest BCUT2D eigenvalue weighted by atomic mass is 16.7. The van der Waals surface area contributed by atoms with E-state index in [1.807, 2.05) is 6.08 Å². The molecule has 0 aromatic carbocycles. The maximum Gasteiger partial charge on any atom is 0.220 e. The van der Waals surface area contributed by atoms with Crippen molar-refractivity contribution in [2.75, 3.05) is 19.8 Å². The summed E-state index contributed by atoms with van der Waals surface area (Å²) in [5.41, 5.74) is 0. The summed E-state index contributed by atoms with van der Waals surface area (Å²) in [5.74, 6) is -0.256. The van der Waals surface area contributed by atoms with Gasteiger partial charge in [-0.05, 0) is 77.0 Å². The van der Waals surface area contributed by atoms with Gasteiger partial charge in [-0.1, -0.05) is 279 Å². The second-order valence-corrected chi connectivity index (χ2v) is 24.6. The molecule has 0 spiro atoms. The van der Waals surface area contributed by atoms with Crippen LogP contribution >= 0.6 is 0 Å². The first-order chi connectivity index (χ1) is 42.6.